The SMILES string of the molecule is C=CCN1C(=O)[C@]2(CC(=O)Nc3c2cnn3-c2ccc(F)cc2)c2ccccc21. The zero-order valence-electron chi connectivity index (χ0n) is 15.4. The van der Waals surface area contributed by atoms with E-state index < -0.39 is 5.41 Å². The Kier molecular flexibility index (Phi) is 3.67. The van der Waals surface area contributed by atoms with Crippen LogP contribution < -0.4 is 10.2 Å². The van der Waals surface area contributed by atoms with Gasteiger partial charge in [-0.05, 0) is 35.9 Å². The van der Waals surface area contributed by atoms with Crippen LogP contribution in [-0.2, 0) is 15.0 Å². The first-order valence-corrected chi connectivity index (χ1v) is 9.23. The average molecular weight is 388 g/mol. The van der Waals surface area contributed by atoms with Crippen LogP contribution in [0.2, 0.25) is 0 Å². The van der Waals surface area contributed by atoms with E-state index in [0.717, 1.165) is 11.3 Å². The van der Waals surface area contributed by atoms with E-state index in [1.165, 1.54) is 16.8 Å². The first-order valence-electron chi connectivity index (χ1n) is 9.23. The molecule has 0 saturated heterocycles. The molecule has 1 atom stereocenters. The highest BCUT2D eigenvalue weighted by molar-refractivity contribution is 6.15. The molecule has 1 aromatic heterocycles. The molecule has 0 radical (unpaired) electrons. The summed E-state index contributed by atoms with van der Waals surface area (Å²) in [6, 6.07) is 13.3. The molecule has 144 valence electrons. The number of nitrogens with zero attached hydrogens (tertiary/aromatic N) is 3. The highest BCUT2D eigenvalue weighted by atomic mass is 19.1. The lowest BCUT2D eigenvalue weighted by Gasteiger charge is -2.32. The molecule has 5 rings (SSSR count). The van der Waals surface area contributed by atoms with Crippen LogP contribution in [0.3, 0.4) is 0 Å². The number of rotatable bonds is 3. The van der Waals surface area contributed by atoms with Crippen molar-refractivity contribution in [2.24, 2.45) is 0 Å². The molecule has 2 aliphatic rings. The predicted molar refractivity (Wildman–Crippen MR) is 107 cm³/mol. The van der Waals surface area contributed by atoms with Crippen LogP contribution in [0.15, 0.2) is 67.4 Å². The number of anilines is 2. The van der Waals surface area contributed by atoms with E-state index in [-0.39, 0.29) is 24.1 Å². The van der Waals surface area contributed by atoms with Gasteiger partial charge in [0.05, 0.1) is 11.9 Å². The monoisotopic (exact) mass is 388 g/mol. The van der Waals surface area contributed by atoms with Crippen molar-refractivity contribution in [3.8, 4) is 5.69 Å². The van der Waals surface area contributed by atoms with Crippen molar-refractivity contribution in [1.82, 2.24) is 9.78 Å². The van der Waals surface area contributed by atoms with Crippen molar-refractivity contribution in [2.75, 3.05) is 16.8 Å². The van der Waals surface area contributed by atoms with Gasteiger partial charge in [-0.25, -0.2) is 9.07 Å². The van der Waals surface area contributed by atoms with Crippen LogP contribution in [0.5, 0.6) is 0 Å². The Labute approximate surface area is 166 Å². The van der Waals surface area contributed by atoms with Crippen molar-refractivity contribution in [3.63, 3.8) is 0 Å². The summed E-state index contributed by atoms with van der Waals surface area (Å²) in [5.74, 6) is -0.384. The number of hydrogen-bond donors (Lipinski definition) is 1. The number of carbonyl (C=O) groups excluding carboxylic acids is 2. The number of halogens is 1. The fourth-order valence-corrected chi connectivity index (χ4v) is 4.34. The van der Waals surface area contributed by atoms with E-state index in [9.17, 15) is 14.0 Å². The Bertz CT molecular complexity index is 1170. The van der Waals surface area contributed by atoms with Crippen LogP contribution in [0.1, 0.15) is 17.5 Å². The summed E-state index contributed by atoms with van der Waals surface area (Å²) in [4.78, 5) is 28.0. The molecule has 0 bridgehead atoms. The fraction of sp³-hybridized carbons (Fsp3) is 0.136. The van der Waals surface area contributed by atoms with Gasteiger partial charge in [-0.3, -0.25) is 9.59 Å². The number of nitrogens with one attached hydrogen (secondary N) is 1. The molecular weight excluding hydrogens is 371 g/mol. The summed E-state index contributed by atoms with van der Waals surface area (Å²) in [7, 11) is 0. The van der Waals surface area contributed by atoms with Crippen molar-refractivity contribution < 1.29 is 14.0 Å². The number of fused-ring (bicyclic) bond motifs is 4. The molecule has 3 aromatic rings. The van der Waals surface area contributed by atoms with Gasteiger partial charge in [0.1, 0.15) is 17.1 Å². The lowest BCUT2D eigenvalue weighted by Crippen LogP contribution is -2.46. The highest BCUT2D eigenvalue weighted by Gasteiger charge is 2.56. The van der Waals surface area contributed by atoms with E-state index >= 15 is 0 Å². The number of aromatic nitrogens is 2. The molecule has 0 fully saturated rings. The molecule has 1 spiro atoms. The van der Waals surface area contributed by atoms with Gasteiger partial charge in [0.15, 0.2) is 0 Å². The van der Waals surface area contributed by atoms with E-state index in [4.69, 9.17) is 0 Å². The second kappa shape index (κ2) is 6.13. The molecule has 1 N–H and O–H groups in total. The number of benzene rings is 2. The van der Waals surface area contributed by atoms with E-state index in [1.54, 1.807) is 29.3 Å². The third-order valence-electron chi connectivity index (χ3n) is 5.56. The molecule has 0 unspecified atom stereocenters. The molecule has 0 aliphatic carbocycles. The van der Waals surface area contributed by atoms with Gasteiger partial charge < -0.3 is 10.2 Å². The summed E-state index contributed by atoms with van der Waals surface area (Å²) >= 11 is 0. The van der Waals surface area contributed by atoms with Crippen molar-refractivity contribution in [2.45, 2.75) is 11.8 Å². The molecule has 7 heteroatoms. The first-order chi connectivity index (χ1) is 14.1. The van der Waals surface area contributed by atoms with Gasteiger partial charge in [-0.1, -0.05) is 24.3 Å². The normalized spacial score (nSPS) is 19.8. The van der Waals surface area contributed by atoms with Gasteiger partial charge in [0.25, 0.3) is 0 Å². The van der Waals surface area contributed by atoms with Crippen LogP contribution in [-0.4, -0.2) is 28.1 Å². The summed E-state index contributed by atoms with van der Waals surface area (Å²) in [6.45, 7) is 4.10. The average Bonchev–Trinajstić information content (AvgIpc) is 3.24. The van der Waals surface area contributed by atoms with Crippen molar-refractivity contribution >= 4 is 23.3 Å². The number of amides is 2. The van der Waals surface area contributed by atoms with Gasteiger partial charge in [-0.15, -0.1) is 6.58 Å². The van der Waals surface area contributed by atoms with E-state index in [2.05, 4.69) is 17.0 Å². The largest absolute Gasteiger partial charge is 0.310 e. The third-order valence-corrected chi connectivity index (χ3v) is 5.56. The lowest BCUT2D eigenvalue weighted by molar-refractivity contribution is -0.126. The lowest BCUT2D eigenvalue weighted by atomic mass is 9.72. The topological polar surface area (TPSA) is 67.2 Å². The van der Waals surface area contributed by atoms with Gasteiger partial charge in [0.2, 0.25) is 11.8 Å². The Hall–Kier alpha value is -3.74. The third kappa shape index (κ3) is 2.30. The van der Waals surface area contributed by atoms with Crippen LogP contribution >= 0.6 is 0 Å². The minimum Gasteiger partial charge on any atom is -0.310 e. The number of para-hydroxylation sites is 1. The fourth-order valence-electron chi connectivity index (χ4n) is 4.34. The van der Waals surface area contributed by atoms with Gasteiger partial charge >= 0.3 is 0 Å². The Balaban J connectivity index is 1.75. The molecule has 6 nitrogen and oxygen atoms in total. The second-order valence-electron chi connectivity index (χ2n) is 7.15. The predicted octanol–water partition coefficient (Wildman–Crippen LogP) is 3.17. The van der Waals surface area contributed by atoms with Gasteiger partial charge in [0, 0.05) is 24.2 Å². The van der Waals surface area contributed by atoms with E-state index in [0.29, 0.717) is 23.6 Å². The summed E-state index contributed by atoms with van der Waals surface area (Å²) < 4.78 is 14.9. The molecule has 2 aliphatic heterocycles. The first kappa shape index (κ1) is 17.4. The Morgan fingerprint density at radius 1 is 1.14 bits per heavy atom. The summed E-state index contributed by atoms with van der Waals surface area (Å²) in [6.07, 6.45) is 3.28. The van der Waals surface area contributed by atoms with Crippen molar-refractivity contribution in [1.29, 1.82) is 0 Å². The maximum absolute atomic E-state index is 13.6. The Morgan fingerprint density at radius 2 is 1.90 bits per heavy atom. The van der Waals surface area contributed by atoms with Crippen LogP contribution in [0, 0.1) is 5.82 Å². The molecule has 2 amide bonds. The maximum atomic E-state index is 13.6. The number of carbonyl (C=O) groups is 2. The van der Waals surface area contributed by atoms with Crippen molar-refractivity contribution in [3.05, 3.63) is 84.3 Å². The summed E-state index contributed by atoms with van der Waals surface area (Å²) in [5.41, 5.74) is 1.63. The molecule has 2 aromatic carbocycles. The van der Waals surface area contributed by atoms with Crippen LogP contribution in [0.25, 0.3) is 5.69 Å². The zero-order valence-corrected chi connectivity index (χ0v) is 15.4. The van der Waals surface area contributed by atoms with E-state index in [1.807, 2.05) is 24.3 Å². The quantitative estimate of drug-likeness (QED) is 0.701. The number of hydrogen-bond acceptors (Lipinski definition) is 3. The molecular formula is C22H17FN4O2. The standard InChI is InChI=1S/C22H17FN4O2/c1-2-11-26-18-6-4-3-5-16(18)22(21(26)29)12-19(28)25-20-17(22)13-24-27(20)15-9-7-14(23)8-10-15/h2-10,13H,1,11-12H2,(H,25,28)/t22-/m1/s1. The van der Waals surface area contributed by atoms with Gasteiger partial charge in [-0.2, -0.15) is 5.10 Å². The minimum absolute atomic E-state index is 0.00139. The molecule has 3 heterocycles. The minimum atomic E-state index is -1.14. The van der Waals surface area contributed by atoms with Crippen LogP contribution in [0.4, 0.5) is 15.9 Å². The molecule has 0 saturated carbocycles. The maximum Gasteiger partial charge on any atom is 0.243 e. The second-order valence-corrected chi connectivity index (χ2v) is 7.15. The summed E-state index contributed by atoms with van der Waals surface area (Å²) in [5, 5.41) is 7.27. The highest BCUT2D eigenvalue weighted by Crippen LogP contribution is 2.52. The smallest absolute Gasteiger partial charge is 0.243 e. The molecule has 29 heavy (non-hydrogen) atoms. The Morgan fingerprint density at radius 3 is 2.66 bits per heavy atom. The zero-order chi connectivity index (χ0) is 20.2.